The quantitative estimate of drug-likeness (QED) is 0.562. The minimum atomic E-state index is -0.195. The average molecular weight is 368 g/mol. The molecule has 0 saturated heterocycles. The lowest BCUT2D eigenvalue weighted by molar-refractivity contribution is -0.121. The molecule has 0 bridgehead atoms. The van der Waals surface area contributed by atoms with Crippen molar-refractivity contribution >= 4 is 22.2 Å². The number of aromatic nitrogens is 5. The summed E-state index contributed by atoms with van der Waals surface area (Å²) in [5.74, 6) is 0.875. The summed E-state index contributed by atoms with van der Waals surface area (Å²) in [6.45, 7) is 1.89. The van der Waals surface area contributed by atoms with Gasteiger partial charge < -0.3 is 9.84 Å². The van der Waals surface area contributed by atoms with E-state index >= 15 is 0 Å². The molecule has 1 N–H and O–H groups in total. The highest BCUT2D eigenvalue weighted by Gasteiger charge is 2.15. The van der Waals surface area contributed by atoms with E-state index in [9.17, 15) is 4.79 Å². The van der Waals surface area contributed by atoms with Crippen LogP contribution in [0.1, 0.15) is 31.0 Å². The summed E-state index contributed by atoms with van der Waals surface area (Å²) in [7, 11) is 0. The Morgan fingerprint density at radius 3 is 2.96 bits per heavy atom. The molecule has 4 aromatic rings. The van der Waals surface area contributed by atoms with Crippen molar-refractivity contribution in [1.82, 2.24) is 30.1 Å². The lowest BCUT2D eigenvalue weighted by Crippen LogP contribution is -2.27. The molecule has 9 heteroatoms. The number of imidazole rings is 1. The van der Waals surface area contributed by atoms with E-state index in [2.05, 4.69) is 25.5 Å². The molecule has 0 aliphatic rings. The standard InChI is InChI=1S/C17H16N6O2S/c1-11(13-9-23-17(20-13)26-10-18-23)19-14(24)7-8-15-21-16(22-25-15)12-5-3-2-4-6-12/h2-6,9-11H,7-8H2,1H3,(H,19,24)/t11-/m0/s1. The second-order valence-electron chi connectivity index (χ2n) is 5.80. The number of fused-ring (bicyclic) bond motifs is 1. The molecule has 1 aromatic carbocycles. The third kappa shape index (κ3) is 3.47. The number of hydrogen-bond acceptors (Lipinski definition) is 7. The van der Waals surface area contributed by atoms with Crippen LogP contribution in [-0.4, -0.2) is 30.6 Å². The van der Waals surface area contributed by atoms with E-state index in [0.29, 0.717) is 18.1 Å². The molecule has 0 spiro atoms. The Kier molecular flexibility index (Phi) is 4.44. The van der Waals surface area contributed by atoms with Crippen molar-refractivity contribution in [2.24, 2.45) is 0 Å². The van der Waals surface area contributed by atoms with Crippen LogP contribution in [0.4, 0.5) is 0 Å². The van der Waals surface area contributed by atoms with Crippen molar-refractivity contribution in [2.45, 2.75) is 25.8 Å². The van der Waals surface area contributed by atoms with Gasteiger partial charge in [-0.05, 0) is 6.92 Å². The van der Waals surface area contributed by atoms with Crippen molar-refractivity contribution in [3.05, 3.63) is 53.6 Å². The van der Waals surface area contributed by atoms with Gasteiger partial charge in [-0.3, -0.25) is 4.79 Å². The molecule has 26 heavy (non-hydrogen) atoms. The number of benzene rings is 1. The molecule has 3 aromatic heterocycles. The lowest BCUT2D eigenvalue weighted by Gasteiger charge is -2.10. The highest BCUT2D eigenvalue weighted by Crippen LogP contribution is 2.17. The van der Waals surface area contributed by atoms with Crippen molar-refractivity contribution in [3.8, 4) is 11.4 Å². The Balaban J connectivity index is 1.32. The molecule has 0 unspecified atom stereocenters. The number of amides is 1. The van der Waals surface area contributed by atoms with Gasteiger partial charge in [0.15, 0.2) is 0 Å². The highest BCUT2D eigenvalue weighted by atomic mass is 32.1. The first-order chi connectivity index (χ1) is 12.7. The van der Waals surface area contributed by atoms with Crippen LogP contribution in [0.5, 0.6) is 0 Å². The summed E-state index contributed by atoms with van der Waals surface area (Å²) in [4.78, 5) is 21.8. The maximum absolute atomic E-state index is 12.2. The van der Waals surface area contributed by atoms with Gasteiger partial charge in [-0.1, -0.05) is 46.8 Å². The number of carbonyl (C=O) groups excluding carboxylic acids is 1. The fourth-order valence-electron chi connectivity index (χ4n) is 2.53. The van der Waals surface area contributed by atoms with Gasteiger partial charge >= 0.3 is 0 Å². The first-order valence-corrected chi connectivity index (χ1v) is 9.03. The van der Waals surface area contributed by atoms with Crippen LogP contribution >= 0.6 is 11.3 Å². The largest absolute Gasteiger partial charge is 0.348 e. The van der Waals surface area contributed by atoms with Gasteiger partial charge in [0.25, 0.3) is 0 Å². The van der Waals surface area contributed by atoms with Crippen LogP contribution in [0, 0.1) is 0 Å². The SMILES string of the molecule is C[C@H](NC(=O)CCc1nc(-c2ccccc2)no1)c1cn2ncsc2n1. The number of nitrogens with one attached hydrogen (secondary N) is 1. The predicted molar refractivity (Wildman–Crippen MR) is 95.5 cm³/mol. The summed E-state index contributed by atoms with van der Waals surface area (Å²) in [6.07, 6.45) is 2.47. The molecule has 0 aliphatic carbocycles. The first-order valence-electron chi connectivity index (χ1n) is 8.15. The normalized spacial score (nSPS) is 12.3. The molecule has 1 amide bonds. The van der Waals surface area contributed by atoms with Crippen LogP contribution in [0.25, 0.3) is 16.3 Å². The zero-order chi connectivity index (χ0) is 17.9. The van der Waals surface area contributed by atoms with E-state index in [1.165, 1.54) is 11.3 Å². The Morgan fingerprint density at radius 2 is 2.15 bits per heavy atom. The molecule has 4 rings (SSSR count). The van der Waals surface area contributed by atoms with Crippen LogP contribution in [0.15, 0.2) is 46.6 Å². The molecular formula is C17H16N6O2S. The molecule has 132 valence electrons. The van der Waals surface area contributed by atoms with E-state index < -0.39 is 0 Å². The van der Waals surface area contributed by atoms with Gasteiger partial charge in [-0.2, -0.15) is 10.1 Å². The highest BCUT2D eigenvalue weighted by molar-refractivity contribution is 7.14. The summed E-state index contributed by atoms with van der Waals surface area (Å²) in [6, 6.07) is 9.38. The summed E-state index contributed by atoms with van der Waals surface area (Å²) in [5, 5.41) is 11.0. The third-order valence-corrected chi connectivity index (χ3v) is 4.58. The Hall–Kier alpha value is -3.07. The Labute approximate surface area is 152 Å². The van der Waals surface area contributed by atoms with Crippen LogP contribution in [0.3, 0.4) is 0 Å². The van der Waals surface area contributed by atoms with Crippen molar-refractivity contribution in [1.29, 1.82) is 0 Å². The van der Waals surface area contributed by atoms with Crippen LogP contribution < -0.4 is 5.32 Å². The van der Waals surface area contributed by atoms with Crippen molar-refractivity contribution < 1.29 is 9.32 Å². The fraction of sp³-hybridized carbons (Fsp3) is 0.235. The smallest absolute Gasteiger partial charge is 0.227 e. The minimum absolute atomic E-state index is 0.0960. The van der Waals surface area contributed by atoms with E-state index in [0.717, 1.165) is 16.2 Å². The maximum atomic E-state index is 12.2. The summed E-state index contributed by atoms with van der Waals surface area (Å²) < 4.78 is 6.93. The minimum Gasteiger partial charge on any atom is -0.348 e. The van der Waals surface area contributed by atoms with Gasteiger partial charge in [0.2, 0.25) is 22.6 Å². The average Bonchev–Trinajstić information content (AvgIpc) is 3.36. The predicted octanol–water partition coefficient (Wildman–Crippen LogP) is 2.65. The molecule has 3 heterocycles. The molecule has 0 radical (unpaired) electrons. The molecule has 1 atom stereocenters. The van der Waals surface area contributed by atoms with Crippen LogP contribution in [0.2, 0.25) is 0 Å². The number of aryl methyl sites for hydroxylation is 1. The van der Waals surface area contributed by atoms with Crippen molar-refractivity contribution in [3.63, 3.8) is 0 Å². The lowest BCUT2D eigenvalue weighted by atomic mass is 10.2. The van der Waals surface area contributed by atoms with Gasteiger partial charge in [0, 0.05) is 18.4 Å². The van der Waals surface area contributed by atoms with E-state index in [1.54, 1.807) is 10.0 Å². The molecular weight excluding hydrogens is 352 g/mol. The third-order valence-electron chi connectivity index (χ3n) is 3.89. The molecule has 0 saturated carbocycles. The van der Waals surface area contributed by atoms with Gasteiger partial charge in [-0.15, -0.1) is 0 Å². The first kappa shape index (κ1) is 16.4. The second-order valence-corrected chi connectivity index (χ2v) is 6.61. The zero-order valence-corrected chi connectivity index (χ0v) is 14.8. The topological polar surface area (TPSA) is 98.2 Å². The molecule has 8 nitrogen and oxygen atoms in total. The zero-order valence-electron chi connectivity index (χ0n) is 14.0. The maximum Gasteiger partial charge on any atom is 0.227 e. The number of nitrogens with zero attached hydrogens (tertiary/aromatic N) is 5. The second kappa shape index (κ2) is 7.04. The van der Waals surface area contributed by atoms with Crippen molar-refractivity contribution in [2.75, 3.05) is 0 Å². The summed E-state index contributed by atoms with van der Waals surface area (Å²) in [5.41, 5.74) is 3.39. The fourth-order valence-corrected chi connectivity index (χ4v) is 3.14. The Bertz CT molecular complexity index is 994. The number of carbonyl (C=O) groups is 1. The van der Waals surface area contributed by atoms with Gasteiger partial charge in [0.05, 0.1) is 17.9 Å². The summed E-state index contributed by atoms with van der Waals surface area (Å²) >= 11 is 1.45. The Morgan fingerprint density at radius 1 is 1.31 bits per heavy atom. The van der Waals surface area contributed by atoms with Gasteiger partial charge in [0.1, 0.15) is 5.51 Å². The molecule has 0 aliphatic heterocycles. The number of rotatable bonds is 6. The number of hydrogen-bond donors (Lipinski definition) is 1. The van der Waals surface area contributed by atoms with E-state index in [4.69, 9.17) is 4.52 Å². The van der Waals surface area contributed by atoms with E-state index in [1.807, 2.05) is 43.5 Å². The van der Waals surface area contributed by atoms with Crippen LogP contribution in [-0.2, 0) is 11.2 Å². The monoisotopic (exact) mass is 368 g/mol. The van der Waals surface area contributed by atoms with Gasteiger partial charge in [-0.25, -0.2) is 9.50 Å². The molecule has 0 fully saturated rings. The van der Waals surface area contributed by atoms with E-state index in [-0.39, 0.29) is 18.4 Å².